The normalized spacial score (nSPS) is 12.9. The Bertz CT molecular complexity index is 520. The van der Waals surface area contributed by atoms with Crippen LogP contribution in [0, 0.1) is 0 Å². The van der Waals surface area contributed by atoms with Crippen molar-refractivity contribution >= 4 is 21.6 Å². The molecule has 2 aromatic rings. The molecule has 0 saturated heterocycles. The Kier molecular flexibility index (Phi) is 4.25. The first kappa shape index (κ1) is 15.5. The number of imidazole rings is 2. The first-order valence-corrected chi connectivity index (χ1v) is 8.77. The van der Waals surface area contributed by atoms with Gasteiger partial charge in [-0.1, -0.05) is 0 Å². The maximum absolute atomic E-state index is 4.44. The Morgan fingerprint density at radius 1 is 0.750 bits per heavy atom. The minimum absolute atomic E-state index is 0.0405. The first-order valence-electron chi connectivity index (χ1n) is 6.62. The molecule has 110 valence electrons. The number of hydrogen-bond acceptors (Lipinski definition) is 4. The van der Waals surface area contributed by atoms with Crippen LogP contribution < -0.4 is 0 Å². The molecule has 0 bridgehead atoms. The van der Waals surface area contributed by atoms with E-state index >= 15 is 0 Å². The van der Waals surface area contributed by atoms with E-state index in [1.807, 2.05) is 24.8 Å². The van der Waals surface area contributed by atoms with Crippen molar-refractivity contribution in [3.63, 3.8) is 0 Å². The number of hydrogen-bond donors (Lipinski definition) is 0. The molecular weight excluding hydrogens is 288 g/mol. The van der Waals surface area contributed by atoms with E-state index in [2.05, 4.69) is 60.6 Å². The zero-order valence-corrected chi connectivity index (χ0v) is 14.5. The summed E-state index contributed by atoms with van der Waals surface area (Å²) in [7, 11) is 3.31. The number of rotatable bonds is 3. The fraction of sp³-hybridized carbons (Fsp3) is 0.571. The van der Waals surface area contributed by atoms with Crippen LogP contribution >= 0.6 is 21.6 Å². The molecular formula is C14H22N4S2. The van der Waals surface area contributed by atoms with Crippen LogP contribution in [0.15, 0.2) is 35.1 Å². The summed E-state index contributed by atoms with van der Waals surface area (Å²) in [5, 5.41) is 2.01. The summed E-state index contributed by atoms with van der Waals surface area (Å²) >= 11 is 0. The second kappa shape index (κ2) is 5.48. The van der Waals surface area contributed by atoms with Gasteiger partial charge < -0.3 is 9.13 Å². The second-order valence-electron chi connectivity index (χ2n) is 6.67. The topological polar surface area (TPSA) is 35.6 Å². The molecule has 0 spiro atoms. The summed E-state index contributed by atoms with van der Waals surface area (Å²) in [6, 6.07) is 0. The molecule has 0 N–H and O–H groups in total. The van der Waals surface area contributed by atoms with Crippen molar-refractivity contribution in [1.82, 2.24) is 19.1 Å². The molecule has 4 nitrogen and oxygen atoms in total. The largest absolute Gasteiger partial charge is 0.320 e. The van der Waals surface area contributed by atoms with Crippen LogP contribution in [0.5, 0.6) is 0 Å². The van der Waals surface area contributed by atoms with E-state index in [1.54, 1.807) is 21.6 Å². The zero-order valence-electron chi connectivity index (χ0n) is 12.9. The van der Waals surface area contributed by atoms with Crippen molar-refractivity contribution in [3.8, 4) is 0 Å². The molecule has 0 radical (unpaired) electrons. The Morgan fingerprint density at radius 3 is 1.40 bits per heavy atom. The highest BCUT2D eigenvalue weighted by Gasteiger charge is 2.20. The van der Waals surface area contributed by atoms with E-state index in [0.29, 0.717) is 0 Å². The van der Waals surface area contributed by atoms with Gasteiger partial charge in [0.05, 0.1) is 0 Å². The smallest absolute Gasteiger partial charge is 0.179 e. The molecule has 0 aliphatic heterocycles. The third-order valence-corrected chi connectivity index (χ3v) is 4.98. The van der Waals surface area contributed by atoms with Gasteiger partial charge in [-0.05, 0) is 63.1 Å². The van der Waals surface area contributed by atoms with E-state index in [9.17, 15) is 0 Å². The predicted molar refractivity (Wildman–Crippen MR) is 86.2 cm³/mol. The quantitative estimate of drug-likeness (QED) is 0.788. The Balaban J connectivity index is 2.15. The van der Waals surface area contributed by atoms with E-state index in [-0.39, 0.29) is 11.1 Å². The highest BCUT2D eigenvalue weighted by molar-refractivity contribution is 8.76. The molecule has 0 fully saturated rings. The van der Waals surface area contributed by atoms with Crippen LogP contribution in [-0.4, -0.2) is 19.1 Å². The van der Waals surface area contributed by atoms with E-state index in [1.165, 1.54) is 0 Å². The molecule has 0 aliphatic rings. The molecule has 0 saturated carbocycles. The van der Waals surface area contributed by atoms with Crippen LogP contribution in [0.1, 0.15) is 41.5 Å². The van der Waals surface area contributed by atoms with Gasteiger partial charge in [0.2, 0.25) is 0 Å². The van der Waals surface area contributed by atoms with Crippen molar-refractivity contribution in [2.45, 2.75) is 62.9 Å². The van der Waals surface area contributed by atoms with Crippen molar-refractivity contribution < 1.29 is 0 Å². The highest BCUT2D eigenvalue weighted by Crippen LogP contribution is 2.38. The lowest BCUT2D eigenvalue weighted by atomic mass is 10.1. The fourth-order valence-electron chi connectivity index (χ4n) is 1.80. The molecule has 0 atom stereocenters. The molecule has 2 heterocycles. The highest BCUT2D eigenvalue weighted by atomic mass is 33.1. The molecule has 20 heavy (non-hydrogen) atoms. The monoisotopic (exact) mass is 310 g/mol. The summed E-state index contributed by atoms with van der Waals surface area (Å²) in [6.07, 6.45) is 7.76. The molecule has 0 aromatic carbocycles. The van der Waals surface area contributed by atoms with E-state index in [4.69, 9.17) is 0 Å². The van der Waals surface area contributed by atoms with Gasteiger partial charge in [-0.15, -0.1) is 0 Å². The second-order valence-corrected chi connectivity index (χ2v) is 8.73. The van der Waals surface area contributed by atoms with Crippen molar-refractivity contribution in [2.75, 3.05) is 0 Å². The van der Waals surface area contributed by atoms with Gasteiger partial charge >= 0.3 is 0 Å². The first-order chi connectivity index (χ1) is 9.19. The Hall–Kier alpha value is -0.880. The van der Waals surface area contributed by atoms with Crippen molar-refractivity contribution in [3.05, 3.63) is 24.8 Å². The van der Waals surface area contributed by atoms with Gasteiger partial charge in [-0.3, -0.25) is 0 Å². The summed E-state index contributed by atoms with van der Waals surface area (Å²) in [4.78, 5) is 8.88. The van der Waals surface area contributed by atoms with Crippen LogP contribution in [-0.2, 0) is 11.1 Å². The van der Waals surface area contributed by atoms with Gasteiger partial charge in [0.1, 0.15) is 0 Å². The Labute approximate surface area is 128 Å². The van der Waals surface area contributed by atoms with Gasteiger partial charge in [0.25, 0.3) is 0 Å². The van der Waals surface area contributed by atoms with Crippen LogP contribution in [0.3, 0.4) is 0 Å². The maximum Gasteiger partial charge on any atom is 0.179 e. The summed E-state index contributed by atoms with van der Waals surface area (Å²) < 4.78 is 4.38. The van der Waals surface area contributed by atoms with Crippen molar-refractivity contribution in [1.29, 1.82) is 0 Å². The number of nitrogens with zero attached hydrogens (tertiary/aromatic N) is 4. The number of aromatic nitrogens is 4. The molecule has 2 rings (SSSR count). The molecule has 0 amide bonds. The van der Waals surface area contributed by atoms with Gasteiger partial charge in [0.15, 0.2) is 10.3 Å². The SMILES string of the molecule is CC(C)(C)n1ccnc1SSc1nccn1C(C)(C)C. The summed E-state index contributed by atoms with van der Waals surface area (Å²) in [6.45, 7) is 13.1. The lowest BCUT2D eigenvalue weighted by molar-refractivity contribution is 0.366. The average molecular weight is 310 g/mol. The van der Waals surface area contributed by atoms with Gasteiger partial charge in [-0.25, -0.2) is 9.97 Å². The van der Waals surface area contributed by atoms with Gasteiger partial charge in [0, 0.05) is 35.9 Å². The molecule has 0 aliphatic carbocycles. The molecule has 0 unspecified atom stereocenters. The Morgan fingerprint density at radius 2 is 1.10 bits per heavy atom. The third kappa shape index (κ3) is 3.41. The fourth-order valence-corrected chi connectivity index (χ4v) is 4.17. The van der Waals surface area contributed by atoms with Crippen LogP contribution in [0.4, 0.5) is 0 Å². The van der Waals surface area contributed by atoms with E-state index < -0.39 is 0 Å². The zero-order chi connectivity index (χ0) is 15.0. The average Bonchev–Trinajstić information content (AvgIpc) is 2.93. The minimum atomic E-state index is 0.0405. The van der Waals surface area contributed by atoms with E-state index in [0.717, 1.165) is 10.3 Å². The lowest BCUT2D eigenvalue weighted by Crippen LogP contribution is -2.22. The maximum atomic E-state index is 4.44. The molecule has 2 aromatic heterocycles. The van der Waals surface area contributed by atoms with Crippen LogP contribution in [0.2, 0.25) is 0 Å². The van der Waals surface area contributed by atoms with Crippen molar-refractivity contribution in [2.24, 2.45) is 0 Å². The standard InChI is InChI=1S/C14H22N4S2/c1-13(2,3)17-9-7-15-11(17)19-20-12-16-8-10-18(12)14(4,5)6/h7-10H,1-6H3. The molecule has 6 heteroatoms. The summed E-state index contributed by atoms with van der Waals surface area (Å²) in [5.41, 5.74) is 0.0810. The minimum Gasteiger partial charge on any atom is -0.320 e. The van der Waals surface area contributed by atoms with Crippen LogP contribution in [0.25, 0.3) is 0 Å². The summed E-state index contributed by atoms with van der Waals surface area (Å²) in [5.74, 6) is 0. The predicted octanol–water partition coefficient (Wildman–Crippen LogP) is 4.39. The third-order valence-electron chi connectivity index (χ3n) is 2.85. The lowest BCUT2D eigenvalue weighted by Gasteiger charge is -2.24. The van der Waals surface area contributed by atoms with Gasteiger partial charge in [-0.2, -0.15) is 0 Å².